The van der Waals surface area contributed by atoms with Crippen LogP contribution in [0.1, 0.15) is 23.5 Å². The lowest BCUT2D eigenvalue weighted by molar-refractivity contribution is 0.0906. The van der Waals surface area contributed by atoms with Crippen LogP contribution in [0.5, 0.6) is 0 Å². The van der Waals surface area contributed by atoms with E-state index in [1.165, 1.54) is 12.8 Å². The number of nitrogens with one attached hydrogen (secondary N) is 1. The van der Waals surface area contributed by atoms with Crippen LogP contribution in [0.4, 0.5) is 5.69 Å². The molecule has 7 nitrogen and oxygen atoms in total. The Bertz CT molecular complexity index is 675. The topological polar surface area (TPSA) is 74.5 Å². The molecule has 1 aromatic carbocycles. The first-order chi connectivity index (χ1) is 11.6. The second-order valence-electron chi connectivity index (χ2n) is 6.17. The number of amides is 1. The van der Waals surface area contributed by atoms with Crippen molar-refractivity contribution in [3.8, 4) is 11.4 Å². The summed E-state index contributed by atoms with van der Waals surface area (Å²) in [7, 11) is 3.96. The number of likely N-dealkylation sites (tertiary alicyclic amines) is 1. The van der Waals surface area contributed by atoms with Gasteiger partial charge >= 0.3 is 11.8 Å². The Labute approximate surface area is 141 Å². The van der Waals surface area contributed by atoms with Gasteiger partial charge in [0.05, 0.1) is 0 Å². The number of carbonyl (C=O) groups is 1. The van der Waals surface area contributed by atoms with E-state index >= 15 is 0 Å². The second-order valence-corrected chi connectivity index (χ2v) is 6.17. The molecule has 0 unspecified atom stereocenters. The molecule has 128 valence electrons. The number of hydrogen-bond donors (Lipinski definition) is 1. The van der Waals surface area contributed by atoms with E-state index in [2.05, 4.69) is 20.4 Å². The van der Waals surface area contributed by atoms with E-state index in [4.69, 9.17) is 4.52 Å². The Hall–Kier alpha value is -2.41. The largest absolute Gasteiger partial charge is 0.378 e. The van der Waals surface area contributed by atoms with Gasteiger partial charge in [-0.25, -0.2) is 0 Å². The molecular formula is C17H23N5O2. The minimum atomic E-state index is -0.321. The molecule has 1 N–H and O–H groups in total. The summed E-state index contributed by atoms with van der Waals surface area (Å²) in [5.74, 6) is 0.103. The molecule has 1 saturated heterocycles. The molecule has 7 heteroatoms. The molecule has 0 radical (unpaired) electrons. The van der Waals surface area contributed by atoms with Crippen molar-refractivity contribution in [2.24, 2.45) is 0 Å². The van der Waals surface area contributed by atoms with E-state index in [-0.39, 0.29) is 11.8 Å². The number of benzene rings is 1. The Balaban J connectivity index is 1.56. The number of aromatic nitrogens is 2. The molecule has 3 rings (SSSR count). The number of carbonyl (C=O) groups excluding carboxylic acids is 1. The van der Waals surface area contributed by atoms with Crippen molar-refractivity contribution in [2.75, 3.05) is 45.2 Å². The van der Waals surface area contributed by atoms with E-state index in [9.17, 15) is 4.79 Å². The highest BCUT2D eigenvalue weighted by atomic mass is 16.5. The summed E-state index contributed by atoms with van der Waals surface area (Å²) in [6.45, 7) is 3.68. The molecule has 1 aromatic heterocycles. The van der Waals surface area contributed by atoms with Crippen LogP contribution in [-0.4, -0.2) is 61.2 Å². The molecule has 24 heavy (non-hydrogen) atoms. The van der Waals surface area contributed by atoms with Gasteiger partial charge in [-0.3, -0.25) is 4.79 Å². The second kappa shape index (κ2) is 7.44. The minimum absolute atomic E-state index is 0.00288. The van der Waals surface area contributed by atoms with Gasteiger partial charge in [0, 0.05) is 38.4 Å². The number of rotatable bonds is 6. The molecule has 0 bridgehead atoms. The van der Waals surface area contributed by atoms with Gasteiger partial charge in [0.25, 0.3) is 0 Å². The first-order valence-electron chi connectivity index (χ1n) is 8.25. The highest BCUT2D eigenvalue weighted by Gasteiger charge is 2.17. The summed E-state index contributed by atoms with van der Waals surface area (Å²) in [6, 6.07) is 7.77. The van der Waals surface area contributed by atoms with Gasteiger partial charge in [0.15, 0.2) is 0 Å². The van der Waals surface area contributed by atoms with Gasteiger partial charge < -0.3 is 19.6 Å². The molecule has 1 fully saturated rings. The van der Waals surface area contributed by atoms with Crippen LogP contribution < -0.4 is 10.2 Å². The Morgan fingerprint density at radius 1 is 1.25 bits per heavy atom. The van der Waals surface area contributed by atoms with E-state index in [0.29, 0.717) is 12.4 Å². The molecule has 0 saturated carbocycles. The van der Waals surface area contributed by atoms with Crippen molar-refractivity contribution < 1.29 is 9.32 Å². The van der Waals surface area contributed by atoms with Crippen LogP contribution >= 0.6 is 0 Å². The lowest BCUT2D eigenvalue weighted by atomic mass is 10.2. The van der Waals surface area contributed by atoms with Crippen LogP contribution in [0.25, 0.3) is 11.4 Å². The predicted octanol–water partition coefficient (Wildman–Crippen LogP) is 1.63. The SMILES string of the molecule is CN(C)c1ccc(-c2noc(C(=O)NCCN3CCCC3)n2)cc1. The summed E-state index contributed by atoms with van der Waals surface area (Å²) in [6.07, 6.45) is 2.49. The maximum absolute atomic E-state index is 12.1. The quantitative estimate of drug-likeness (QED) is 0.868. The highest BCUT2D eigenvalue weighted by Crippen LogP contribution is 2.19. The molecule has 1 aliphatic rings. The van der Waals surface area contributed by atoms with Crippen LogP contribution in [0.3, 0.4) is 0 Å². The standard InChI is InChI=1S/C17H23N5O2/c1-21(2)14-7-5-13(6-8-14)15-19-17(24-20-15)16(23)18-9-12-22-10-3-4-11-22/h5-8H,3-4,9-12H2,1-2H3,(H,18,23). The summed E-state index contributed by atoms with van der Waals surface area (Å²) in [5, 5.41) is 6.73. The first-order valence-corrected chi connectivity index (χ1v) is 8.25. The van der Waals surface area contributed by atoms with Crippen LogP contribution in [0.15, 0.2) is 28.8 Å². The molecule has 2 aromatic rings. The van der Waals surface area contributed by atoms with Crippen molar-refractivity contribution in [2.45, 2.75) is 12.8 Å². The zero-order valence-electron chi connectivity index (χ0n) is 14.2. The first kappa shape index (κ1) is 16.4. The van der Waals surface area contributed by atoms with Crippen molar-refractivity contribution in [3.05, 3.63) is 30.2 Å². The van der Waals surface area contributed by atoms with E-state index < -0.39 is 0 Å². The molecule has 1 amide bonds. The zero-order valence-corrected chi connectivity index (χ0v) is 14.2. The van der Waals surface area contributed by atoms with Crippen LogP contribution in [0, 0.1) is 0 Å². The third-order valence-electron chi connectivity index (χ3n) is 4.17. The Kier molecular flexibility index (Phi) is 5.10. The molecule has 0 aliphatic carbocycles. The summed E-state index contributed by atoms with van der Waals surface area (Å²) in [5.41, 5.74) is 1.91. The predicted molar refractivity (Wildman–Crippen MR) is 92.1 cm³/mol. The average molecular weight is 329 g/mol. The lowest BCUT2D eigenvalue weighted by Crippen LogP contribution is -2.33. The molecule has 0 atom stereocenters. The molecule has 2 heterocycles. The monoisotopic (exact) mass is 329 g/mol. The van der Waals surface area contributed by atoms with Crippen molar-refractivity contribution >= 4 is 11.6 Å². The fraction of sp³-hybridized carbons (Fsp3) is 0.471. The zero-order chi connectivity index (χ0) is 16.9. The third kappa shape index (κ3) is 3.91. The Morgan fingerprint density at radius 2 is 1.96 bits per heavy atom. The van der Waals surface area contributed by atoms with Gasteiger partial charge in [-0.05, 0) is 50.2 Å². The third-order valence-corrected chi connectivity index (χ3v) is 4.17. The molecule has 0 spiro atoms. The summed E-state index contributed by atoms with van der Waals surface area (Å²) >= 11 is 0. The van der Waals surface area contributed by atoms with Gasteiger partial charge in [0.1, 0.15) is 0 Å². The summed E-state index contributed by atoms with van der Waals surface area (Å²) in [4.78, 5) is 20.6. The molecule has 1 aliphatic heterocycles. The fourth-order valence-corrected chi connectivity index (χ4v) is 2.75. The molecular weight excluding hydrogens is 306 g/mol. The normalized spacial score (nSPS) is 14.8. The van der Waals surface area contributed by atoms with Crippen molar-refractivity contribution in [3.63, 3.8) is 0 Å². The minimum Gasteiger partial charge on any atom is -0.378 e. The number of hydrogen-bond acceptors (Lipinski definition) is 6. The van der Waals surface area contributed by atoms with E-state index in [1.807, 2.05) is 43.3 Å². The smallest absolute Gasteiger partial charge is 0.316 e. The maximum Gasteiger partial charge on any atom is 0.316 e. The van der Waals surface area contributed by atoms with Crippen molar-refractivity contribution in [1.82, 2.24) is 20.4 Å². The Morgan fingerprint density at radius 3 is 2.62 bits per heavy atom. The average Bonchev–Trinajstić information content (AvgIpc) is 3.26. The highest BCUT2D eigenvalue weighted by molar-refractivity contribution is 5.89. The lowest BCUT2D eigenvalue weighted by Gasteiger charge is -2.13. The number of anilines is 1. The van der Waals surface area contributed by atoms with Crippen LogP contribution in [0.2, 0.25) is 0 Å². The van der Waals surface area contributed by atoms with Gasteiger partial charge in [-0.2, -0.15) is 4.98 Å². The van der Waals surface area contributed by atoms with E-state index in [1.54, 1.807) is 0 Å². The summed E-state index contributed by atoms with van der Waals surface area (Å²) < 4.78 is 5.08. The van der Waals surface area contributed by atoms with Crippen LogP contribution in [-0.2, 0) is 0 Å². The number of nitrogens with zero attached hydrogens (tertiary/aromatic N) is 4. The van der Waals surface area contributed by atoms with E-state index in [0.717, 1.165) is 30.9 Å². The van der Waals surface area contributed by atoms with Crippen molar-refractivity contribution in [1.29, 1.82) is 0 Å². The fourth-order valence-electron chi connectivity index (χ4n) is 2.75. The maximum atomic E-state index is 12.1. The van der Waals surface area contributed by atoms with Gasteiger partial charge in [-0.15, -0.1) is 0 Å². The van der Waals surface area contributed by atoms with Gasteiger partial charge in [-0.1, -0.05) is 5.16 Å². The van der Waals surface area contributed by atoms with Gasteiger partial charge in [0.2, 0.25) is 5.82 Å².